The molecule has 0 aliphatic rings. The number of carbonyl (C=O) groups excluding carboxylic acids is 2. The van der Waals surface area contributed by atoms with Crippen LogP contribution < -0.4 is 0 Å². The minimum atomic E-state index is -0.451. The lowest BCUT2D eigenvalue weighted by molar-refractivity contribution is -0.131. The van der Waals surface area contributed by atoms with Crippen LogP contribution in [-0.2, 0) is 4.79 Å². The van der Waals surface area contributed by atoms with Gasteiger partial charge >= 0.3 is 0 Å². The number of benzene rings is 1. The number of halogens is 1. The Morgan fingerprint density at radius 2 is 1.72 bits per heavy atom. The van der Waals surface area contributed by atoms with Gasteiger partial charge in [0.2, 0.25) is 5.91 Å². The third kappa shape index (κ3) is 4.06. The smallest absolute Gasteiger partial charge is 0.259 e. The Balaban J connectivity index is 1.99. The van der Waals surface area contributed by atoms with Gasteiger partial charge < -0.3 is 14.4 Å². The predicted molar refractivity (Wildman–Crippen MR) is 108 cm³/mol. The highest BCUT2D eigenvalue weighted by atomic mass is 19.1. The molecule has 0 fully saturated rings. The topological polar surface area (TPSA) is 63.4 Å². The van der Waals surface area contributed by atoms with Crippen LogP contribution in [0.3, 0.4) is 0 Å². The molecule has 1 aromatic carbocycles. The van der Waals surface area contributed by atoms with Crippen molar-refractivity contribution in [2.45, 2.75) is 13.8 Å². The van der Waals surface area contributed by atoms with Crippen LogP contribution >= 0.6 is 0 Å². The Morgan fingerprint density at radius 1 is 1.07 bits per heavy atom. The Bertz CT molecular complexity index is 992. The van der Waals surface area contributed by atoms with Crippen molar-refractivity contribution in [1.29, 1.82) is 0 Å². The Kier molecular flexibility index (Phi) is 6.11. The van der Waals surface area contributed by atoms with Crippen LogP contribution in [0.4, 0.5) is 4.39 Å². The van der Waals surface area contributed by atoms with Crippen LogP contribution in [-0.4, -0.2) is 62.6 Å². The van der Waals surface area contributed by atoms with Crippen molar-refractivity contribution in [3.8, 4) is 11.5 Å². The lowest BCUT2D eigenvalue weighted by Gasteiger charge is -2.23. The van der Waals surface area contributed by atoms with Crippen LogP contribution in [0, 0.1) is 5.82 Å². The maximum atomic E-state index is 14.4. The number of hydrogen-bond acceptors (Lipinski definition) is 3. The fraction of sp³-hybridized carbons (Fsp3) is 0.286. The SMILES string of the molecule is CCN(CC)C(=O)CN(C)C(=O)c1cnn(-c2ccccc2F)c1-n1cccc1. The molecule has 0 saturated carbocycles. The first-order valence-corrected chi connectivity index (χ1v) is 9.47. The van der Waals surface area contributed by atoms with E-state index in [2.05, 4.69) is 5.10 Å². The third-order valence-corrected chi connectivity index (χ3v) is 4.74. The Morgan fingerprint density at radius 3 is 2.34 bits per heavy atom. The minimum absolute atomic E-state index is 0.0451. The molecule has 0 unspecified atom stereocenters. The molecule has 7 nitrogen and oxygen atoms in total. The van der Waals surface area contributed by atoms with Gasteiger partial charge in [0.05, 0.1) is 12.7 Å². The number of amides is 2. The van der Waals surface area contributed by atoms with Crippen molar-refractivity contribution in [3.63, 3.8) is 0 Å². The fourth-order valence-corrected chi connectivity index (χ4v) is 3.17. The molecule has 0 saturated heterocycles. The molecule has 0 spiro atoms. The monoisotopic (exact) mass is 397 g/mol. The molecule has 2 heterocycles. The summed E-state index contributed by atoms with van der Waals surface area (Å²) in [6, 6.07) is 9.84. The van der Waals surface area contributed by atoms with E-state index in [9.17, 15) is 14.0 Å². The van der Waals surface area contributed by atoms with E-state index in [-0.39, 0.29) is 29.6 Å². The number of para-hydroxylation sites is 1. The zero-order chi connectivity index (χ0) is 21.0. The van der Waals surface area contributed by atoms with Gasteiger partial charge in [-0.3, -0.25) is 9.59 Å². The van der Waals surface area contributed by atoms with Crippen LogP contribution in [0.2, 0.25) is 0 Å². The van der Waals surface area contributed by atoms with Gasteiger partial charge in [-0.1, -0.05) is 12.1 Å². The first kappa shape index (κ1) is 20.3. The average molecular weight is 397 g/mol. The summed E-state index contributed by atoms with van der Waals surface area (Å²) in [5.74, 6) is -0.535. The first-order chi connectivity index (χ1) is 14.0. The molecule has 3 aromatic rings. The summed E-state index contributed by atoms with van der Waals surface area (Å²) in [4.78, 5) is 28.5. The van der Waals surface area contributed by atoms with Crippen molar-refractivity contribution in [2.75, 3.05) is 26.7 Å². The van der Waals surface area contributed by atoms with Crippen molar-refractivity contribution in [3.05, 3.63) is 66.4 Å². The molecular formula is C21H24FN5O2. The molecule has 0 aliphatic carbocycles. The standard InChI is InChI=1S/C21H24FN5O2/c1-4-25(5-2)19(28)15-24(3)21(29)16-14-23-27(18-11-7-6-10-17(18)22)20(16)26-12-8-9-13-26/h6-14H,4-5,15H2,1-3H3. The van der Waals surface area contributed by atoms with E-state index < -0.39 is 5.82 Å². The van der Waals surface area contributed by atoms with Gasteiger partial charge in [0.25, 0.3) is 5.91 Å². The highest BCUT2D eigenvalue weighted by molar-refractivity contribution is 5.99. The summed E-state index contributed by atoms with van der Waals surface area (Å²) in [5.41, 5.74) is 0.511. The number of rotatable bonds is 7. The summed E-state index contributed by atoms with van der Waals surface area (Å²) < 4.78 is 17.5. The number of hydrogen-bond donors (Lipinski definition) is 0. The summed E-state index contributed by atoms with van der Waals surface area (Å²) in [6.07, 6.45) is 4.92. The molecule has 0 bridgehead atoms. The lowest BCUT2D eigenvalue weighted by Crippen LogP contribution is -2.41. The summed E-state index contributed by atoms with van der Waals surface area (Å²) in [6.45, 7) is 4.91. The van der Waals surface area contributed by atoms with Gasteiger partial charge in [0, 0.05) is 32.5 Å². The minimum Gasteiger partial charge on any atom is -0.342 e. The van der Waals surface area contributed by atoms with Gasteiger partial charge in [0.1, 0.15) is 17.1 Å². The zero-order valence-electron chi connectivity index (χ0n) is 16.7. The molecule has 0 atom stereocenters. The van der Waals surface area contributed by atoms with Crippen molar-refractivity contribution in [2.24, 2.45) is 0 Å². The van der Waals surface area contributed by atoms with Gasteiger partial charge in [-0.2, -0.15) is 5.10 Å². The number of likely N-dealkylation sites (N-methyl/N-ethyl adjacent to an activating group) is 2. The molecule has 3 rings (SSSR count). The van der Waals surface area contributed by atoms with Crippen LogP contribution in [0.1, 0.15) is 24.2 Å². The van der Waals surface area contributed by atoms with Gasteiger partial charge in [-0.15, -0.1) is 0 Å². The van der Waals surface area contributed by atoms with E-state index in [1.54, 1.807) is 59.2 Å². The molecule has 0 N–H and O–H groups in total. The highest BCUT2D eigenvalue weighted by Crippen LogP contribution is 2.22. The van der Waals surface area contributed by atoms with E-state index in [1.165, 1.54) is 21.8 Å². The van der Waals surface area contributed by atoms with Crippen LogP contribution in [0.25, 0.3) is 11.5 Å². The summed E-state index contributed by atoms with van der Waals surface area (Å²) in [5, 5.41) is 4.27. The fourth-order valence-electron chi connectivity index (χ4n) is 3.17. The summed E-state index contributed by atoms with van der Waals surface area (Å²) >= 11 is 0. The second-order valence-electron chi connectivity index (χ2n) is 6.56. The molecule has 0 radical (unpaired) electrons. The van der Waals surface area contributed by atoms with E-state index in [0.717, 1.165) is 0 Å². The van der Waals surface area contributed by atoms with Crippen molar-refractivity contribution >= 4 is 11.8 Å². The molecule has 2 aromatic heterocycles. The second-order valence-corrected chi connectivity index (χ2v) is 6.56. The zero-order valence-corrected chi connectivity index (χ0v) is 16.7. The number of carbonyl (C=O) groups is 2. The van der Waals surface area contributed by atoms with Gasteiger partial charge in [0.15, 0.2) is 5.82 Å². The predicted octanol–water partition coefficient (Wildman–Crippen LogP) is 2.74. The maximum absolute atomic E-state index is 14.4. The van der Waals surface area contributed by atoms with Gasteiger partial charge in [-0.05, 0) is 38.1 Å². The lowest BCUT2D eigenvalue weighted by atomic mass is 10.2. The molecule has 0 aliphatic heterocycles. The van der Waals surface area contributed by atoms with Crippen LogP contribution in [0.15, 0.2) is 55.0 Å². The average Bonchev–Trinajstić information content (AvgIpc) is 3.38. The quantitative estimate of drug-likeness (QED) is 0.616. The number of nitrogens with zero attached hydrogens (tertiary/aromatic N) is 5. The third-order valence-electron chi connectivity index (χ3n) is 4.74. The molecule has 2 amide bonds. The highest BCUT2D eigenvalue weighted by Gasteiger charge is 2.25. The van der Waals surface area contributed by atoms with Gasteiger partial charge in [-0.25, -0.2) is 9.07 Å². The summed E-state index contributed by atoms with van der Waals surface area (Å²) in [7, 11) is 1.57. The molecule has 29 heavy (non-hydrogen) atoms. The van der Waals surface area contributed by atoms with E-state index in [0.29, 0.717) is 18.9 Å². The van der Waals surface area contributed by atoms with Crippen LogP contribution in [0.5, 0.6) is 0 Å². The normalized spacial score (nSPS) is 10.8. The number of aromatic nitrogens is 3. The molecule has 152 valence electrons. The largest absolute Gasteiger partial charge is 0.342 e. The molecule has 8 heteroatoms. The van der Waals surface area contributed by atoms with E-state index >= 15 is 0 Å². The van der Waals surface area contributed by atoms with E-state index in [1.807, 2.05) is 13.8 Å². The van der Waals surface area contributed by atoms with Crippen molar-refractivity contribution < 1.29 is 14.0 Å². The molecular weight excluding hydrogens is 373 g/mol. The maximum Gasteiger partial charge on any atom is 0.259 e. The Labute approximate surface area is 168 Å². The Hall–Kier alpha value is -3.42. The first-order valence-electron chi connectivity index (χ1n) is 9.47. The van der Waals surface area contributed by atoms with E-state index in [4.69, 9.17) is 0 Å². The second kappa shape index (κ2) is 8.72. The van der Waals surface area contributed by atoms with Crippen molar-refractivity contribution in [1.82, 2.24) is 24.1 Å².